The second-order valence-electron chi connectivity index (χ2n) is 6.49. The van der Waals surface area contributed by atoms with E-state index in [1.165, 1.54) is 6.20 Å². The lowest BCUT2D eigenvalue weighted by Gasteiger charge is -2.26. The number of carbonyl (C=O) groups is 2. The summed E-state index contributed by atoms with van der Waals surface area (Å²) in [6.45, 7) is 1.96. The molecule has 1 saturated heterocycles. The van der Waals surface area contributed by atoms with Gasteiger partial charge in [0.15, 0.2) is 0 Å². The van der Waals surface area contributed by atoms with Crippen molar-refractivity contribution in [3.8, 4) is 5.69 Å². The number of hydrogen-bond acceptors (Lipinski definition) is 4. The van der Waals surface area contributed by atoms with Crippen LogP contribution in [-0.2, 0) is 4.74 Å². The third-order valence-electron chi connectivity index (χ3n) is 4.65. The smallest absolute Gasteiger partial charge is 0.259 e. The maximum Gasteiger partial charge on any atom is 0.259 e. The summed E-state index contributed by atoms with van der Waals surface area (Å²) in [6, 6.07) is 16.1. The summed E-state index contributed by atoms with van der Waals surface area (Å²) in [6.07, 6.45) is 1.48. The zero-order valence-corrected chi connectivity index (χ0v) is 16.3. The standard InChI is InChI=1S/C21H19ClN4O3/c22-18-9-5-4-8-16(18)20(27)24-19-17(21(28)25-10-12-29-13-11-25)14-23-26(19)15-6-2-1-3-7-15/h1-9,14H,10-13H2,(H,24,27). The van der Waals surface area contributed by atoms with Gasteiger partial charge >= 0.3 is 0 Å². The van der Waals surface area contributed by atoms with Gasteiger partial charge in [0.05, 0.1) is 35.7 Å². The fourth-order valence-electron chi connectivity index (χ4n) is 3.15. The molecule has 1 fully saturated rings. The van der Waals surface area contributed by atoms with E-state index in [2.05, 4.69) is 10.4 Å². The second kappa shape index (κ2) is 8.46. The van der Waals surface area contributed by atoms with E-state index in [-0.39, 0.29) is 5.91 Å². The number of nitrogens with zero attached hydrogens (tertiary/aromatic N) is 3. The van der Waals surface area contributed by atoms with E-state index in [0.717, 1.165) is 5.69 Å². The van der Waals surface area contributed by atoms with Crippen LogP contribution in [0.25, 0.3) is 5.69 Å². The van der Waals surface area contributed by atoms with E-state index >= 15 is 0 Å². The third-order valence-corrected chi connectivity index (χ3v) is 4.98. The Balaban J connectivity index is 1.72. The van der Waals surface area contributed by atoms with Crippen LogP contribution in [0.3, 0.4) is 0 Å². The molecule has 2 amide bonds. The van der Waals surface area contributed by atoms with Gasteiger partial charge in [0.1, 0.15) is 11.4 Å². The predicted octanol–water partition coefficient (Wildman–Crippen LogP) is 3.25. The zero-order valence-electron chi connectivity index (χ0n) is 15.5. The summed E-state index contributed by atoms with van der Waals surface area (Å²) in [4.78, 5) is 27.7. The van der Waals surface area contributed by atoms with Crippen molar-refractivity contribution in [2.45, 2.75) is 0 Å². The number of hydrogen-bond donors (Lipinski definition) is 1. The van der Waals surface area contributed by atoms with Crippen LogP contribution in [0.15, 0.2) is 60.8 Å². The number of aromatic nitrogens is 2. The van der Waals surface area contributed by atoms with Gasteiger partial charge in [0.2, 0.25) is 0 Å². The van der Waals surface area contributed by atoms with Crippen LogP contribution in [0, 0.1) is 0 Å². The molecule has 29 heavy (non-hydrogen) atoms. The Morgan fingerprint density at radius 2 is 1.66 bits per heavy atom. The van der Waals surface area contributed by atoms with Crippen molar-refractivity contribution in [2.24, 2.45) is 0 Å². The van der Waals surface area contributed by atoms with Gasteiger partial charge in [0, 0.05) is 13.1 Å². The molecule has 0 saturated carbocycles. The van der Waals surface area contributed by atoms with E-state index < -0.39 is 5.91 Å². The number of benzene rings is 2. The molecule has 7 nitrogen and oxygen atoms in total. The average molecular weight is 411 g/mol. The first-order valence-corrected chi connectivity index (χ1v) is 9.59. The first-order chi connectivity index (χ1) is 14.1. The number of carbonyl (C=O) groups excluding carboxylic acids is 2. The number of halogens is 1. The summed E-state index contributed by atoms with van der Waals surface area (Å²) >= 11 is 6.17. The molecule has 0 radical (unpaired) electrons. The molecule has 0 bridgehead atoms. The minimum Gasteiger partial charge on any atom is -0.378 e. The number of para-hydroxylation sites is 1. The van der Waals surface area contributed by atoms with E-state index in [1.54, 1.807) is 33.8 Å². The SMILES string of the molecule is O=C(Nc1c(C(=O)N2CCOCC2)cnn1-c1ccccc1)c1ccccc1Cl. The fourth-order valence-corrected chi connectivity index (χ4v) is 3.37. The highest BCUT2D eigenvalue weighted by Gasteiger charge is 2.26. The molecule has 3 aromatic rings. The number of amides is 2. The number of nitrogens with one attached hydrogen (secondary N) is 1. The topological polar surface area (TPSA) is 76.5 Å². The quantitative estimate of drug-likeness (QED) is 0.716. The lowest BCUT2D eigenvalue weighted by molar-refractivity contribution is 0.0303. The lowest BCUT2D eigenvalue weighted by atomic mass is 10.2. The highest BCUT2D eigenvalue weighted by Crippen LogP contribution is 2.24. The minimum absolute atomic E-state index is 0.204. The zero-order chi connectivity index (χ0) is 20.2. The van der Waals surface area contributed by atoms with Gasteiger partial charge in [-0.3, -0.25) is 9.59 Å². The van der Waals surface area contributed by atoms with Crippen molar-refractivity contribution in [2.75, 3.05) is 31.6 Å². The van der Waals surface area contributed by atoms with Crippen molar-refractivity contribution in [1.82, 2.24) is 14.7 Å². The maximum absolute atomic E-state index is 13.1. The van der Waals surface area contributed by atoms with Crippen LogP contribution in [-0.4, -0.2) is 52.8 Å². The van der Waals surface area contributed by atoms with Crippen molar-refractivity contribution in [1.29, 1.82) is 0 Å². The van der Waals surface area contributed by atoms with Crippen molar-refractivity contribution in [3.05, 3.63) is 76.9 Å². The van der Waals surface area contributed by atoms with Gasteiger partial charge in [-0.25, -0.2) is 4.68 Å². The Kier molecular flexibility index (Phi) is 5.59. The Hall–Kier alpha value is -3.16. The number of anilines is 1. The number of ether oxygens (including phenoxy) is 1. The molecule has 0 aliphatic carbocycles. The molecule has 8 heteroatoms. The van der Waals surface area contributed by atoms with Gasteiger partial charge in [-0.15, -0.1) is 0 Å². The highest BCUT2D eigenvalue weighted by atomic mass is 35.5. The molecule has 0 spiro atoms. The van der Waals surface area contributed by atoms with Crippen LogP contribution in [0.1, 0.15) is 20.7 Å². The van der Waals surface area contributed by atoms with E-state index in [0.29, 0.717) is 48.3 Å². The van der Waals surface area contributed by atoms with Gasteiger partial charge in [-0.05, 0) is 24.3 Å². The molecule has 2 heterocycles. The minimum atomic E-state index is -0.413. The summed E-state index contributed by atoms with van der Waals surface area (Å²) < 4.78 is 6.87. The molecule has 0 unspecified atom stereocenters. The molecule has 1 N–H and O–H groups in total. The Morgan fingerprint density at radius 1 is 0.966 bits per heavy atom. The van der Waals surface area contributed by atoms with Crippen LogP contribution in [0.2, 0.25) is 5.02 Å². The van der Waals surface area contributed by atoms with Crippen molar-refractivity contribution in [3.63, 3.8) is 0 Å². The van der Waals surface area contributed by atoms with Gasteiger partial charge < -0.3 is 15.0 Å². The Bertz CT molecular complexity index is 1030. The monoisotopic (exact) mass is 410 g/mol. The van der Waals surface area contributed by atoms with E-state index in [4.69, 9.17) is 16.3 Å². The largest absolute Gasteiger partial charge is 0.378 e. The highest BCUT2D eigenvalue weighted by molar-refractivity contribution is 6.34. The summed E-state index contributed by atoms with van der Waals surface area (Å²) in [5.41, 5.74) is 1.36. The van der Waals surface area contributed by atoms with E-state index in [9.17, 15) is 9.59 Å². The van der Waals surface area contributed by atoms with Gasteiger partial charge in [-0.2, -0.15) is 5.10 Å². The maximum atomic E-state index is 13.1. The van der Waals surface area contributed by atoms with Crippen molar-refractivity contribution < 1.29 is 14.3 Å². The summed E-state index contributed by atoms with van der Waals surface area (Å²) in [5.74, 6) is -0.313. The van der Waals surface area contributed by atoms with Crippen LogP contribution >= 0.6 is 11.6 Å². The Morgan fingerprint density at radius 3 is 2.38 bits per heavy atom. The van der Waals surface area contributed by atoms with Crippen LogP contribution in [0.4, 0.5) is 5.82 Å². The first-order valence-electron chi connectivity index (χ1n) is 9.21. The third kappa shape index (κ3) is 4.01. The van der Waals surface area contributed by atoms with Gasteiger partial charge in [-0.1, -0.05) is 41.9 Å². The molecule has 4 rings (SSSR count). The average Bonchev–Trinajstić information content (AvgIpc) is 3.18. The summed E-state index contributed by atoms with van der Waals surface area (Å²) in [7, 11) is 0. The Labute approximate surface area is 172 Å². The van der Waals surface area contributed by atoms with Crippen LogP contribution < -0.4 is 5.32 Å². The van der Waals surface area contributed by atoms with Crippen LogP contribution in [0.5, 0.6) is 0 Å². The fraction of sp³-hybridized carbons (Fsp3) is 0.190. The molecule has 1 aliphatic rings. The van der Waals surface area contributed by atoms with Gasteiger partial charge in [0.25, 0.3) is 11.8 Å². The van der Waals surface area contributed by atoms with E-state index in [1.807, 2.05) is 30.3 Å². The molecular weight excluding hydrogens is 392 g/mol. The summed E-state index contributed by atoms with van der Waals surface area (Å²) in [5, 5.41) is 7.53. The molecule has 0 atom stereocenters. The first kappa shape index (κ1) is 19.2. The van der Waals surface area contributed by atoms with Crippen molar-refractivity contribution >= 4 is 29.2 Å². The molecular formula is C21H19ClN4O3. The molecule has 1 aromatic heterocycles. The molecule has 1 aliphatic heterocycles. The number of morpholine rings is 1. The molecule has 2 aromatic carbocycles. The number of rotatable bonds is 4. The normalized spacial score (nSPS) is 13.9. The second-order valence-corrected chi connectivity index (χ2v) is 6.90. The predicted molar refractivity (Wildman–Crippen MR) is 110 cm³/mol. The lowest BCUT2D eigenvalue weighted by Crippen LogP contribution is -2.40. The molecule has 148 valence electrons.